The third-order valence-corrected chi connectivity index (χ3v) is 5.02. The summed E-state index contributed by atoms with van der Waals surface area (Å²) in [5.74, 6) is 0.299. The van der Waals surface area contributed by atoms with E-state index in [1.807, 2.05) is 27.7 Å². The molecular weight excluding hydrogens is 274 g/mol. The van der Waals surface area contributed by atoms with Gasteiger partial charge in [0, 0.05) is 12.6 Å². The van der Waals surface area contributed by atoms with Gasteiger partial charge in [0.1, 0.15) is 0 Å². The number of hydrogen-bond acceptors (Lipinski definition) is 3. The Kier molecular flexibility index (Phi) is 6.17. The summed E-state index contributed by atoms with van der Waals surface area (Å²) in [5.41, 5.74) is 1.53. The van der Waals surface area contributed by atoms with Crippen molar-refractivity contribution in [1.82, 2.24) is 4.31 Å². The van der Waals surface area contributed by atoms with Crippen LogP contribution >= 0.6 is 0 Å². The van der Waals surface area contributed by atoms with Crippen molar-refractivity contribution in [3.8, 4) is 0 Å². The van der Waals surface area contributed by atoms with E-state index in [2.05, 4.69) is 0 Å². The molecule has 1 aromatic carbocycles. The summed E-state index contributed by atoms with van der Waals surface area (Å²) in [6, 6.07) is 6.99. The normalized spacial score (nSPS) is 12.6. The molecule has 0 heterocycles. The minimum absolute atomic E-state index is 0.00358. The highest BCUT2D eigenvalue weighted by molar-refractivity contribution is 7.88. The number of aliphatic hydroxyl groups is 1. The van der Waals surface area contributed by atoms with Gasteiger partial charge in [0.05, 0.1) is 12.4 Å². The second kappa shape index (κ2) is 7.20. The molecule has 0 atom stereocenters. The molecule has 0 spiro atoms. The molecule has 114 valence electrons. The van der Waals surface area contributed by atoms with Gasteiger partial charge in [0.15, 0.2) is 0 Å². The topological polar surface area (TPSA) is 57.6 Å². The standard InChI is InChI=1S/C15H25NO3S/c1-12(2)9-16(13(3)4)20(18,19)11-15-7-5-14(10-17)6-8-15/h5-8,12-13,17H,9-11H2,1-4H3. The maximum absolute atomic E-state index is 12.5. The molecule has 1 N–H and O–H groups in total. The van der Waals surface area contributed by atoms with Gasteiger partial charge in [-0.05, 0) is 30.9 Å². The van der Waals surface area contributed by atoms with Crippen LogP contribution in [0.5, 0.6) is 0 Å². The van der Waals surface area contributed by atoms with E-state index in [0.29, 0.717) is 12.5 Å². The fourth-order valence-electron chi connectivity index (χ4n) is 2.04. The lowest BCUT2D eigenvalue weighted by molar-refractivity contribution is 0.282. The van der Waals surface area contributed by atoms with Gasteiger partial charge < -0.3 is 5.11 Å². The van der Waals surface area contributed by atoms with E-state index in [0.717, 1.165) is 11.1 Å². The SMILES string of the molecule is CC(C)CN(C(C)C)S(=O)(=O)Cc1ccc(CO)cc1. The van der Waals surface area contributed by atoms with Gasteiger partial charge in [0.25, 0.3) is 0 Å². The van der Waals surface area contributed by atoms with Crippen LogP contribution in [-0.2, 0) is 22.4 Å². The molecule has 0 bridgehead atoms. The van der Waals surface area contributed by atoms with Crippen LogP contribution in [0.2, 0.25) is 0 Å². The van der Waals surface area contributed by atoms with Crippen LogP contribution in [0.15, 0.2) is 24.3 Å². The fraction of sp³-hybridized carbons (Fsp3) is 0.600. The van der Waals surface area contributed by atoms with Crippen molar-refractivity contribution in [2.24, 2.45) is 5.92 Å². The van der Waals surface area contributed by atoms with Crippen LogP contribution < -0.4 is 0 Å². The fourth-order valence-corrected chi connectivity index (χ4v) is 3.99. The molecule has 4 nitrogen and oxygen atoms in total. The van der Waals surface area contributed by atoms with Crippen molar-refractivity contribution in [2.75, 3.05) is 6.54 Å². The zero-order chi connectivity index (χ0) is 15.3. The third-order valence-electron chi connectivity index (χ3n) is 3.03. The Morgan fingerprint density at radius 3 is 1.95 bits per heavy atom. The summed E-state index contributed by atoms with van der Waals surface area (Å²) in [4.78, 5) is 0. The molecule has 0 saturated carbocycles. The van der Waals surface area contributed by atoms with Gasteiger partial charge in [-0.1, -0.05) is 38.1 Å². The summed E-state index contributed by atoms with van der Waals surface area (Å²) < 4.78 is 26.6. The first-order chi connectivity index (χ1) is 9.26. The van der Waals surface area contributed by atoms with Crippen molar-refractivity contribution in [1.29, 1.82) is 0 Å². The Hall–Kier alpha value is -0.910. The van der Waals surface area contributed by atoms with Crippen LogP contribution in [0, 0.1) is 5.92 Å². The first-order valence-corrected chi connectivity index (χ1v) is 8.55. The lowest BCUT2D eigenvalue weighted by Gasteiger charge is -2.27. The Labute approximate surface area is 122 Å². The number of aliphatic hydroxyl groups excluding tert-OH is 1. The zero-order valence-electron chi connectivity index (χ0n) is 12.7. The van der Waals surface area contributed by atoms with Gasteiger partial charge in [-0.3, -0.25) is 0 Å². The van der Waals surface area contributed by atoms with Gasteiger partial charge >= 0.3 is 0 Å². The number of hydrogen-bond donors (Lipinski definition) is 1. The van der Waals surface area contributed by atoms with E-state index >= 15 is 0 Å². The van der Waals surface area contributed by atoms with Crippen molar-refractivity contribution in [3.63, 3.8) is 0 Å². The average molecular weight is 299 g/mol. The lowest BCUT2D eigenvalue weighted by Crippen LogP contribution is -2.40. The van der Waals surface area contributed by atoms with Gasteiger partial charge in [-0.25, -0.2) is 8.42 Å². The highest BCUT2D eigenvalue weighted by Gasteiger charge is 2.25. The summed E-state index contributed by atoms with van der Waals surface area (Å²) in [7, 11) is -3.32. The largest absolute Gasteiger partial charge is 0.392 e. The maximum Gasteiger partial charge on any atom is 0.218 e. The highest BCUT2D eigenvalue weighted by atomic mass is 32.2. The third kappa shape index (κ3) is 4.89. The van der Waals surface area contributed by atoms with E-state index < -0.39 is 10.0 Å². The molecule has 0 aliphatic heterocycles. The Morgan fingerprint density at radius 2 is 1.55 bits per heavy atom. The molecule has 0 unspecified atom stereocenters. The van der Waals surface area contributed by atoms with E-state index in [1.165, 1.54) is 0 Å². The van der Waals surface area contributed by atoms with Crippen molar-refractivity contribution >= 4 is 10.0 Å². The maximum atomic E-state index is 12.5. The van der Waals surface area contributed by atoms with E-state index in [9.17, 15) is 8.42 Å². The van der Waals surface area contributed by atoms with Gasteiger partial charge in [-0.15, -0.1) is 0 Å². The summed E-state index contributed by atoms with van der Waals surface area (Å²) in [5, 5.41) is 8.99. The molecular formula is C15H25NO3S. The van der Waals surface area contributed by atoms with E-state index in [1.54, 1.807) is 28.6 Å². The predicted molar refractivity (Wildman–Crippen MR) is 81.7 cm³/mol. The molecule has 0 aliphatic carbocycles. The van der Waals surface area contributed by atoms with E-state index in [4.69, 9.17) is 5.11 Å². The highest BCUT2D eigenvalue weighted by Crippen LogP contribution is 2.16. The van der Waals surface area contributed by atoms with Gasteiger partial charge in [-0.2, -0.15) is 4.31 Å². The van der Waals surface area contributed by atoms with Crippen LogP contribution in [0.25, 0.3) is 0 Å². The minimum Gasteiger partial charge on any atom is -0.392 e. The molecule has 0 aromatic heterocycles. The Bertz CT molecular complexity index is 506. The molecule has 0 saturated heterocycles. The molecule has 20 heavy (non-hydrogen) atoms. The Morgan fingerprint density at radius 1 is 1.05 bits per heavy atom. The van der Waals surface area contributed by atoms with Crippen LogP contribution in [0.3, 0.4) is 0 Å². The number of rotatable bonds is 7. The smallest absolute Gasteiger partial charge is 0.218 e. The van der Waals surface area contributed by atoms with Crippen molar-refractivity contribution in [2.45, 2.75) is 46.1 Å². The number of nitrogens with zero attached hydrogens (tertiary/aromatic N) is 1. The Balaban J connectivity index is 2.90. The van der Waals surface area contributed by atoms with Crippen molar-refractivity contribution < 1.29 is 13.5 Å². The van der Waals surface area contributed by atoms with Gasteiger partial charge in [0.2, 0.25) is 10.0 Å². The monoisotopic (exact) mass is 299 g/mol. The quantitative estimate of drug-likeness (QED) is 0.841. The first kappa shape index (κ1) is 17.1. The summed E-state index contributed by atoms with van der Waals surface area (Å²) >= 11 is 0. The second-order valence-electron chi connectivity index (χ2n) is 5.79. The summed E-state index contributed by atoms with van der Waals surface area (Å²) in [6.45, 7) is 8.33. The molecule has 0 amide bonds. The minimum atomic E-state index is -3.32. The second-order valence-corrected chi connectivity index (χ2v) is 7.71. The molecule has 0 radical (unpaired) electrons. The summed E-state index contributed by atoms with van der Waals surface area (Å²) in [6.07, 6.45) is 0. The van der Waals surface area contributed by atoms with Crippen LogP contribution in [0.4, 0.5) is 0 Å². The molecule has 0 aliphatic rings. The lowest BCUT2D eigenvalue weighted by atomic mass is 10.2. The number of benzene rings is 1. The predicted octanol–water partition coefficient (Wildman–Crippen LogP) is 2.38. The zero-order valence-corrected chi connectivity index (χ0v) is 13.5. The van der Waals surface area contributed by atoms with Crippen LogP contribution in [0.1, 0.15) is 38.8 Å². The molecule has 0 fully saturated rings. The van der Waals surface area contributed by atoms with Crippen molar-refractivity contribution in [3.05, 3.63) is 35.4 Å². The average Bonchev–Trinajstić information content (AvgIpc) is 2.35. The van der Waals surface area contributed by atoms with E-state index in [-0.39, 0.29) is 18.4 Å². The molecule has 5 heteroatoms. The first-order valence-electron chi connectivity index (χ1n) is 6.94. The molecule has 1 rings (SSSR count). The number of sulfonamides is 1. The molecule has 1 aromatic rings. The van der Waals surface area contributed by atoms with Crippen LogP contribution in [-0.4, -0.2) is 30.4 Å².